The lowest BCUT2D eigenvalue weighted by molar-refractivity contribution is -0.178. The molecular formula is C19H39N2O9P. The Morgan fingerprint density at radius 1 is 0.806 bits per heavy atom. The summed E-state index contributed by atoms with van der Waals surface area (Å²) in [5.74, 6) is 9.57. The summed E-state index contributed by atoms with van der Waals surface area (Å²) in [6.45, 7) is 10.5. The van der Waals surface area contributed by atoms with E-state index in [0.29, 0.717) is 12.8 Å². The van der Waals surface area contributed by atoms with E-state index in [9.17, 15) is 14.2 Å². The maximum absolute atomic E-state index is 13.6. The van der Waals surface area contributed by atoms with E-state index >= 15 is 0 Å². The van der Waals surface area contributed by atoms with Crippen molar-refractivity contribution in [3.63, 3.8) is 0 Å². The molecule has 0 amide bonds. The smallest absolute Gasteiger partial charge is 0.329 e. The van der Waals surface area contributed by atoms with Crippen LogP contribution in [0.3, 0.4) is 0 Å². The molecule has 0 spiro atoms. The largest absolute Gasteiger partial charge is 0.459 e. The highest BCUT2D eigenvalue weighted by molar-refractivity contribution is 7.53. The molecule has 0 aliphatic heterocycles. The van der Waals surface area contributed by atoms with Gasteiger partial charge in [0, 0.05) is 20.5 Å². The number of hydrogen-bond acceptors (Lipinski definition) is 11. The van der Waals surface area contributed by atoms with Gasteiger partial charge in [0.1, 0.15) is 36.6 Å². The first-order valence-corrected chi connectivity index (χ1v) is 12.4. The third-order valence-corrected chi connectivity index (χ3v) is 6.47. The van der Waals surface area contributed by atoms with Crippen LogP contribution in [-0.4, -0.2) is 55.2 Å². The molecule has 0 aromatic heterocycles. The van der Waals surface area contributed by atoms with E-state index in [2.05, 4.69) is 0 Å². The Morgan fingerprint density at radius 2 is 1.13 bits per heavy atom. The maximum Gasteiger partial charge on any atom is 0.329 e. The zero-order chi connectivity index (χ0) is 24.3. The van der Waals surface area contributed by atoms with Crippen molar-refractivity contribution in [2.45, 2.75) is 90.6 Å². The summed E-state index contributed by atoms with van der Waals surface area (Å²) < 4.78 is 36.4. The van der Waals surface area contributed by atoms with Crippen LogP contribution in [-0.2, 0) is 42.4 Å². The quantitative estimate of drug-likeness (QED) is 0.194. The molecule has 0 aromatic carbocycles. The van der Waals surface area contributed by atoms with E-state index in [1.807, 2.05) is 0 Å². The summed E-state index contributed by atoms with van der Waals surface area (Å²) in [7, 11) is -3.90. The molecule has 0 rings (SSSR count). The van der Waals surface area contributed by atoms with Crippen molar-refractivity contribution in [3.8, 4) is 0 Å². The van der Waals surface area contributed by atoms with Crippen molar-refractivity contribution in [1.82, 2.24) is 0 Å². The van der Waals surface area contributed by atoms with Crippen molar-refractivity contribution in [2.24, 2.45) is 11.8 Å². The molecule has 0 fully saturated rings. The fourth-order valence-corrected chi connectivity index (χ4v) is 5.59. The van der Waals surface area contributed by atoms with Gasteiger partial charge in [0.05, 0.1) is 0 Å². The molecule has 0 saturated heterocycles. The van der Waals surface area contributed by atoms with Gasteiger partial charge in [0.2, 0.25) is 0 Å². The molecule has 0 aromatic rings. The van der Waals surface area contributed by atoms with Crippen LogP contribution >= 0.6 is 7.60 Å². The monoisotopic (exact) mass is 470 g/mol. The molecule has 0 bridgehead atoms. The second-order valence-corrected chi connectivity index (χ2v) is 9.33. The minimum atomic E-state index is -3.90. The predicted octanol–water partition coefficient (Wildman–Crippen LogP) is 2.60. The molecule has 0 saturated carbocycles. The van der Waals surface area contributed by atoms with Crippen molar-refractivity contribution in [2.75, 3.05) is 19.9 Å². The van der Waals surface area contributed by atoms with Crippen LogP contribution < -0.4 is 11.8 Å². The molecule has 31 heavy (non-hydrogen) atoms. The highest BCUT2D eigenvalue weighted by Gasteiger charge is 2.50. The Balaban J connectivity index is 6.15. The topological polar surface area (TPSA) is 159 Å². The minimum absolute atomic E-state index is 0.204. The lowest BCUT2D eigenvalue weighted by atomic mass is 9.92. The molecule has 184 valence electrons. The number of hydrogen-bond donors (Lipinski definition) is 2. The second-order valence-electron chi connectivity index (χ2n) is 7.43. The van der Waals surface area contributed by atoms with Gasteiger partial charge in [0.25, 0.3) is 0 Å². The average molecular weight is 471 g/mol. The molecule has 0 heterocycles. The lowest BCUT2D eigenvalue weighted by Gasteiger charge is -2.43. The second kappa shape index (κ2) is 13.5. The van der Waals surface area contributed by atoms with Crippen LogP contribution in [0.15, 0.2) is 0 Å². The van der Waals surface area contributed by atoms with Crippen LogP contribution in [0.1, 0.15) is 67.2 Å². The van der Waals surface area contributed by atoms with Gasteiger partial charge in [-0.3, -0.25) is 23.2 Å². The molecular weight excluding hydrogens is 431 g/mol. The molecule has 11 nitrogen and oxygen atoms in total. The van der Waals surface area contributed by atoms with Crippen molar-refractivity contribution in [3.05, 3.63) is 0 Å². The van der Waals surface area contributed by atoms with E-state index < -0.39 is 42.9 Å². The summed E-state index contributed by atoms with van der Waals surface area (Å²) in [5.41, 5.74) is -2.68. The van der Waals surface area contributed by atoms with Gasteiger partial charge in [-0.1, -0.05) is 27.7 Å². The number of carbonyl (C=O) groups excluding carboxylic acids is 2. The molecule has 12 heteroatoms. The van der Waals surface area contributed by atoms with E-state index in [-0.39, 0.29) is 26.1 Å². The summed E-state index contributed by atoms with van der Waals surface area (Å²) in [6.07, 6.45) is -0.380. The van der Waals surface area contributed by atoms with Gasteiger partial charge in [-0.25, -0.2) is 11.8 Å². The third kappa shape index (κ3) is 8.76. The Hall–Kier alpha value is -1.07. The van der Waals surface area contributed by atoms with Gasteiger partial charge in [-0.05, 0) is 25.7 Å². The third-order valence-electron chi connectivity index (χ3n) is 5.08. The molecule has 4 N–H and O–H groups in total. The molecule has 4 atom stereocenters. The first-order chi connectivity index (χ1) is 14.4. The van der Waals surface area contributed by atoms with Gasteiger partial charge < -0.3 is 19.1 Å². The van der Waals surface area contributed by atoms with Crippen LogP contribution in [0.2, 0.25) is 0 Å². The van der Waals surface area contributed by atoms with E-state index in [4.69, 9.17) is 40.0 Å². The van der Waals surface area contributed by atoms with Gasteiger partial charge in [0.15, 0.2) is 0 Å². The van der Waals surface area contributed by atoms with Gasteiger partial charge in [-0.15, -0.1) is 0 Å². The van der Waals surface area contributed by atoms with Crippen molar-refractivity contribution >= 4 is 19.5 Å². The number of esters is 2. The van der Waals surface area contributed by atoms with Crippen molar-refractivity contribution in [1.29, 1.82) is 0 Å². The first-order valence-electron chi connectivity index (χ1n) is 10.4. The first kappa shape index (κ1) is 29.9. The fraction of sp³-hybridized carbons (Fsp3) is 0.895. The van der Waals surface area contributed by atoms with Crippen LogP contribution in [0.5, 0.6) is 0 Å². The minimum Gasteiger partial charge on any atom is -0.459 e. The van der Waals surface area contributed by atoms with Crippen molar-refractivity contribution < 1.29 is 42.4 Å². The molecule has 0 aliphatic carbocycles. The Kier molecular flexibility index (Phi) is 13.0. The zero-order valence-electron chi connectivity index (χ0n) is 19.7. The Labute approximate surface area is 184 Å². The SMILES string of the molecule is CCC(OC(C)=O)C(CC)(CON)OP(C)(=O)OC(CC)(CON)C(CC)OC(C)=O. The number of ether oxygens (including phenoxy) is 2. The number of carbonyl (C=O) groups is 2. The summed E-state index contributed by atoms with van der Waals surface area (Å²) in [6, 6.07) is 0. The van der Waals surface area contributed by atoms with E-state index in [1.165, 1.54) is 20.5 Å². The Morgan fingerprint density at radius 3 is 1.32 bits per heavy atom. The normalized spacial score (nSPS) is 19.4. The lowest BCUT2D eigenvalue weighted by Crippen LogP contribution is -2.53. The zero-order valence-corrected chi connectivity index (χ0v) is 20.6. The standard InChI is InChI=1S/C19H39N2O9P/c1-8-16(27-14(5)22)18(10-3,12-25-20)29-31(7,24)30-19(11-4,13-26-21)17(9-2)28-15(6)23/h16-17H,8-13,20-21H2,1-7H3. The average Bonchev–Trinajstić information content (AvgIpc) is 2.68. The Bertz CT molecular complexity index is 573. The molecule has 4 unspecified atom stereocenters. The van der Waals surface area contributed by atoms with E-state index in [0.717, 1.165) is 0 Å². The van der Waals surface area contributed by atoms with Gasteiger partial charge in [-0.2, -0.15) is 0 Å². The van der Waals surface area contributed by atoms with Crippen LogP contribution in [0.25, 0.3) is 0 Å². The number of rotatable bonds is 16. The maximum atomic E-state index is 13.6. The number of nitrogens with two attached hydrogens (primary N) is 2. The summed E-state index contributed by atoms with van der Waals surface area (Å²) >= 11 is 0. The molecule has 0 aliphatic rings. The van der Waals surface area contributed by atoms with Crippen LogP contribution in [0, 0.1) is 0 Å². The molecule has 0 radical (unpaired) electrons. The summed E-state index contributed by atoms with van der Waals surface area (Å²) in [5, 5.41) is 0. The summed E-state index contributed by atoms with van der Waals surface area (Å²) in [4.78, 5) is 32.9. The highest BCUT2D eigenvalue weighted by atomic mass is 31.2. The van der Waals surface area contributed by atoms with Gasteiger partial charge >= 0.3 is 19.5 Å². The van der Waals surface area contributed by atoms with E-state index in [1.54, 1.807) is 27.7 Å². The highest BCUT2D eigenvalue weighted by Crippen LogP contribution is 2.54. The fourth-order valence-electron chi connectivity index (χ4n) is 3.63. The van der Waals surface area contributed by atoms with Crippen LogP contribution in [0.4, 0.5) is 0 Å². The predicted molar refractivity (Wildman–Crippen MR) is 114 cm³/mol.